The van der Waals surface area contributed by atoms with Gasteiger partial charge in [0.15, 0.2) is 5.82 Å². The number of rotatable bonds is 5. The first kappa shape index (κ1) is 20.6. The summed E-state index contributed by atoms with van der Waals surface area (Å²) >= 11 is 0. The molecule has 1 saturated carbocycles. The van der Waals surface area contributed by atoms with Crippen molar-refractivity contribution in [2.24, 2.45) is 0 Å². The van der Waals surface area contributed by atoms with Crippen molar-refractivity contribution in [3.63, 3.8) is 0 Å². The van der Waals surface area contributed by atoms with Crippen molar-refractivity contribution >= 4 is 27.9 Å². The van der Waals surface area contributed by atoms with E-state index in [1.54, 1.807) is 13.3 Å². The van der Waals surface area contributed by atoms with Gasteiger partial charge in [-0.3, -0.25) is 4.57 Å². The van der Waals surface area contributed by atoms with Crippen LogP contribution in [0.15, 0.2) is 66.9 Å². The second-order valence-electron chi connectivity index (χ2n) is 8.73. The molecular weight excluding hydrogens is 424 g/mol. The molecule has 3 heterocycles. The number of pyridine rings is 1. The topological polar surface area (TPSA) is 77.8 Å². The molecule has 1 aliphatic carbocycles. The van der Waals surface area contributed by atoms with Crippen molar-refractivity contribution in [2.75, 3.05) is 12.4 Å². The molecule has 2 aromatic carbocycles. The molecule has 0 spiro atoms. The van der Waals surface area contributed by atoms with E-state index in [9.17, 15) is 0 Å². The van der Waals surface area contributed by atoms with Crippen LogP contribution in [0.1, 0.15) is 32.1 Å². The van der Waals surface area contributed by atoms with Gasteiger partial charge in [-0.25, -0.2) is 15.0 Å². The molecule has 0 radical (unpaired) electrons. The van der Waals surface area contributed by atoms with Crippen LogP contribution in [0.2, 0.25) is 0 Å². The van der Waals surface area contributed by atoms with Crippen LogP contribution < -0.4 is 10.1 Å². The second kappa shape index (κ2) is 8.74. The second-order valence-corrected chi connectivity index (χ2v) is 8.73. The van der Waals surface area contributed by atoms with E-state index < -0.39 is 0 Å². The molecule has 1 fully saturated rings. The highest BCUT2D eigenvalue weighted by atomic mass is 16.5. The molecule has 0 atom stereocenters. The van der Waals surface area contributed by atoms with Gasteiger partial charge in [-0.1, -0.05) is 43.5 Å². The third kappa shape index (κ3) is 3.83. The summed E-state index contributed by atoms with van der Waals surface area (Å²) in [6.07, 6.45) is 7.93. The Labute approximate surface area is 197 Å². The van der Waals surface area contributed by atoms with Gasteiger partial charge >= 0.3 is 0 Å². The standard InChI is InChI=1S/C27H26N6O/c1-34-20-12-14-22-24(17-20)33(25-15-16-28-27(32-25)29-19-8-3-2-4-9-19)26(31-22)23-13-11-18-7-5-6-10-21(18)30-23/h5-7,10-17,19H,2-4,8-9H2,1H3,(H,28,29,32). The smallest absolute Gasteiger partial charge is 0.224 e. The van der Waals surface area contributed by atoms with Crippen molar-refractivity contribution in [1.82, 2.24) is 24.5 Å². The molecule has 3 aromatic heterocycles. The van der Waals surface area contributed by atoms with Crippen molar-refractivity contribution in [2.45, 2.75) is 38.1 Å². The molecule has 0 unspecified atom stereocenters. The molecule has 0 saturated heterocycles. The van der Waals surface area contributed by atoms with E-state index in [2.05, 4.69) is 22.4 Å². The molecule has 0 amide bonds. The van der Waals surface area contributed by atoms with Crippen LogP contribution in [0.3, 0.4) is 0 Å². The fourth-order valence-electron chi connectivity index (χ4n) is 4.75. The van der Waals surface area contributed by atoms with E-state index >= 15 is 0 Å². The summed E-state index contributed by atoms with van der Waals surface area (Å²) < 4.78 is 7.55. The average molecular weight is 451 g/mol. The largest absolute Gasteiger partial charge is 0.497 e. The van der Waals surface area contributed by atoms with E-state index in [1.165, 1.54) is 19.3 Å². The normalized spacial score (nSPS) is 14.5. The van der Waals surface area contributed by atoms with Gasteiger partial charge in [-0.15, -0.1) is 0 Å². The number of methoxy groups -OCH3 is 1. The van der Waals surface area contributed by atoms with Crippen LogP contribution in [-0.4, -0.2) is 37.7 Å². The molecule has 7 nitrogen and oxygen atoms in total. The number of para-hydroxylation sites is 1. The number of ether oxygens (including phenoxy) is 1. The van der Waals surface area contributed by atoms with Gasteiger partial charge in [-0.05, 0) is 43.2 Å². The number of benzene rings is 2. The number of hydrogen-bond acceptors (Lipinski definition) is 6. The highest BCUT2D eigenvalue weighted by Gasteiger charge is 2.19. The summed E-state index contributed by atoms with van der Waals surface area (Å²) in [5.41, 5.74) is 3.48. The van der Waals surface area contributed by atoms with Gasteiger partial charge in [-0.2, -0.15) is 4.98 Å². The molecule has 0 aliphatic heterocycles. The van der Waals surface area contributed by atoms with Crippen LogP contribution in [0.4, 0.5) is 5.95 Å². The van der Waals surface area contributed by atoms with Gasteiger partial charge in [0, 0.05) is 23.7 Å². The van der Waals surface area contributed by atoms with Crippen LogP contribution in [0, 0.1) is 0 Å². The van der Waals surface area contributed by atoms with Gasteiger partial charge in [0.1, 0.15) is 17.3 Å². The number of nitrogens with one attached hydrogen (secondary N) is 1. The van der Waals surface area contributed by atoms with Crippen LogP contribution >= 0.6 is 0 Å². The fourth-order valence-corrected chi connectivity index (χ4v) is 4.75. The summed E-state index contributed by atoms with van der Waals surface area (Å²) in [7, 11) is 1.67. The van der Waals surface area contributed by atoms with E-state index in [0.717, 1.165) is 57.9 Å². The maximum atomic E-state index is 5.51. The quantitative estimate of drug-likeness (QED) is 0.365. The lowest BCUT2D eigenvalue weighted by molar-refractivity contribution is 0.415. The zero-order chi connectivity index (χ0) is 22.9. The Morgan fingerprint density at radius 2 is 1.76 bits per heavy atom. The number of hydrogen-bond donors (Lipinski definition) is 1. The number of fused-ring (bicyclic) bond motifs is 2. The van der Waals surface area contributed by atoms with Gasteiger partial charge < -0.3 is 10.1 Å². The maximum absolute atomic E-state index is 5.51. The third-order valence-corrected chi connectivity index (χ3v) is 6.50. The molecule has 0 bridgehead atoms. The highest BCUT2D eigenvalue weighted by Crippen LogP contribution is 2.31. The third-order valence-electron chi connectivity index (χ3n) is 6.50. The average Bonchev–Trinajstić information content (AvgIpc) is 3.28. The van der Waals surface area contributed by atoms with Crippen molar-refractivity contribution < 1.29 is 4.74 Å². The summed E-state index contributed by atoms with van der Waals surface area (Å²) in [4.78, 5) is 19.3. The van der Waals surface area contributed by atoms with Gasteiger partial charge in [0.2, 0.25) is 5.95 Å². The molecular formula is C27H26N6O. The SMILES string of the molecule is COc1ccc2nc(-c3ccc4ccccc4n3)n(-c3ccnc(NC4CCCCC4)n3)c2c1. The number of aromatic nitrogens is 5. The summed E-state index contributed by atoms with van der Waals surface area (Å²) in [5, 5.41) is 4.64. The molecule has 1 N–H and O–H groups in total. The number of anilines is 1. The summed E-state index contributed by atoms with van der Waals surface area (Å²) in [5.74, 6) is 2.89. The van der Waals surface area contributed by atoms with E-state index in [0.29, 0.717) is 12.0 Å². The monoisotopic (exact) mass is 450 g/mol. The Kier molecular flexibility index (Phi) is 5.30. The maximum Gasteiger partial charge on any atom is 0.224 e. The Hall–Kier alpha value is -4.00. The van der Waals surface area contributed by atoms with Crippen molar-refractivity contribution in [3.05, 3.63) is 66.9 Å². The van der Waals surface area contributed by atoms with E-state index in [-0.39, 0.29) is 0 Å². The first-order valence-electron chi connectivity index (χ1n) is 11.8. The molecule has 7 heteroatoms. The zero-order valence-corrected chi connectivity index (χ0v) is 19.1. The predicted molar refractivity (Wildman–Crippen MR) is 134 cm³/mol. The van der Waals surface area contributed by atoms with Crippen LogP contribution in [0.5, 0.6) is 5.75 Å². The minimum absolute atomic E-state index is 0.422. The minimum atomic E-state index is 0.422. The first-order valence-corrected chi connectivity index (χ1v) is 11.8. The molecule has 5 aromatic rings. The molecule has 1 aliphatic rings. The Balaban J connectivity index is 1.50. The Bertz CT molecular complexity index is 1470. The summed E-state index contributed by atoms with van der Waals surface area (Å²) in [6, 6.07) is 20.4. The minimum Gasteiger partial charge on any atom is -0.497 e. The van der Waals surface area contributed by atoms with Gasteiger partial charge in [0.25, 0.3) is 0 Å². The lowest BCUT2D eigenvalue weighted by Crippen LogP contribution is -2.23. The highest BCUT2D eigenvalue weighted by molar-refractivity contribution is 5.86. The lowest BCUT2D eigenvalue weighted by Gasteiger charge is -2.22. The molecule has 170 valence electrons. The number of nitrogens with zero attached hydrogens (tertiary/aromatic N) is 5. The summed E-state index contributed by atoms with van der Waals surface area (Å²) in [6.45, 7) is 0. The Morgan fingerprint density at radius 1 is 0.882 bits per heavy atom. The lowest BCUT2D eigenvalue weighted by atomic mass is 9.96. The predicted octanol–water partition coefficient (Wildman–Crippen LogP) is 5.78. The van der Waals surface area contributed by atoms with Crippen LogP contribution in [0.25, 0.3) is 39.3 Å². The van der Waals surface area contributed by atoms with Crippen LogP contribution in [-0.2, 0) is 0 Å². The number of imidazole rings is 1. The zero-order valence-electron chi connectivity index (χ0n) is 19.1. The Morgan fingerprint density at radius 3 is 2.65 bits per heavy atom. The van der Waals surface area contributed by atoms with E-state index in [4.69, 9.17) is 19.7 Å². The fraction of sp³-hybridized carbons (Fsp3) is 0.259. The van der Waals surface area contributed by atoms with E-state index in [1.807, 2.05) is 53.1 Å². The molecule has 6 rings (SSSR count). The van der Waals surface area contributed by atoms with Gasteiger partial charge in [0.05, 0.1) is 23.7 Å². The molecule has 34 heavy (non-hydrogen) atoms. The van der Waals surface area contributed by atoms with Crippen molar-refractivity contribution in [1.29, 1.82) is 0 Å². The van der Waals surface area contributed by atoms with Crippen molar-refractivity contribution in [3.8, 4) is 23.1 Å². The first-order chi connectivity index (χ1) is 16.8.